The van der Waals surface area contributed by atoms with Crippen molar-refractivity contribution in [1.82, 2.24) is 19.6 Å². The Hall–Kier alpha value is -2.86. The Morgan fingerprint density at radius 3 is 2.92 bits per heavy atom. The average Bonchev–Trinajstić information content (AvgIpc) is 3.17. The molecule has 7 heteroatoms. The largest absolute Gasteiger partial charge is 0.306 e. The van der Waals surface area contributed by atoms with E-state index < -0.39 is 0 Å². The zero-order valence-electron chi connectivity index (χ0n) is 13.1. The van der Waals surface area contributed by atoms with Gasteiger partial charge in [0, 0.05) is 42.2 Å². The summed E-state index contributed by atoms with van der Waals surface area (Å²) in [5, 5.41) is 11.8. The van der Waals surface area contributed by atoms with E-state index in [1.807, 2.05) is 37.5 Å². The van der Waals surface area contributed by atoms with Crippen molar-refractivity contribution in [3.63, 3.8) is 0 Å². The van der Waals surface area contributed by atoms with E-state index in [0.29, 0.717) is 17.4 Å². The number of aryl methyl sites for hydroxylation is 1. The van der Waals surface area contributed by atoms with Crippen LogP contribution in [0.5, 0.6) is 0 Å². The van der Waals surface area contributed by atoms with Gasteiger partial charge in [-0.15, -0.1) is 0 Å². The molecule has 0 aliphatic carbocycles. The zero-order chi connectivity index (χ0) is 16.9. The second-order valence-corrected chi connectivity index (χ2v) is 5.67. The molecule has 0 saturated heterocycles. The molecule has 2 aromatic heterocycles. The van der Waals surface area contributed by atoms with E-state index in [4.69, 9.17) is 11.6 Å². The molecule has 0 unspecified atom stereocenters. The summed E-state index contributed by atoms with van der Waals surface area (Å²) in [6, 6.07) is 9.34. The van der Waals surface area contributed by atoms with Gasteiger partial charge in [-0.25, -0.2) is 0 Å². The topological polar surface area (TPSA) is 64.7 Å². The number of hydrogen-bond donors (Lipinski definition) is 1. The van der Waals surface area contributed by atoms with Crippen LogP contribution in [0.2, 0.25) is 5.02 Å². The normalized spacial score (nSPS) is 11.1. The van der Waals surface area contributed by atoms with Gasteiger partial charge in [0.15, 0.2) is 5.82 Å². The van der Waals surface area contributed by atoms with Gasteiger partial charge in [0.2, 0.25) is 5.91 Å². The first-order valence-electron chi connectivity index (χ1n) is 7.35. The third kappa shape index (κ3) is 4.11. The summed E-state index contributed by atoms with van der Waals surface area (Å²) < 4.78 is 3.40. The molecule has 1 amide bonds. The van der Waals surface area contributed by atoms with Crippen LogP contribution in [-0.2, 0) is 18.4 Å². The molecular weight excluding hydrogens is 326 g/mol. The van der Waals surface area contributed by atoms with Crippen molar-refractivity contribution >= 4 is 29.4 Å². The Labute approximate surface area is 144 Å². The molecule has 2 heterocycles. The van der Waals surface area contributed by atoms with Crippen molar-refractivity contribution in [2.24, 2.45) is 7.05 Å². The lowest BCUT2D eigenvalue weighted by Crippen LogP contribution is -2.09. The van der Waals surface area contributed by atoms with Crippen LogP contribution < -0.4 is 5.32 Å². The number of nitrogens with zero attached hydrogens (tertiary/aromatic N) is 4. The van der Waals surface area contributed by atoms with Crippen molar-refractivity contribution in [3.05, 3.63) is 71.1 Å². The van der Waals surface area contributed by atoms with E-state index in [-0.39, 0.29) is 5.91 Å². The second kappa shape index (κ2) is 7.14. The number of carbonyl (C=O) groups is 1. The van der Waals surface area contributed by atoms with Gasteiger partial charge in [-0.1, -0.05) is 29.8 Å². The number of nitrogens with one attached hydrogen (secondary N) is 1. The summed E-state index contributed by atoms with van der Waals surface area (Å²) in [6.45, 7) is 0.543. The Kier molecular flexibility index (Phi) is 4.77. The fraction of sp³-hybridized carbons (Fsp3) is 0.118. The van der Waals surface area contributed by atoms with Gasteiger partial charge in [-0.3, -0.25) is 14.2 Å². The number of benzene rings is 1. The predicted octanol–water partition coefficient (Wildman–Crippen LogP) is 2.97. The van der Waals surface area contributed by atoms with Crippen molar-refractivity contribution in [1.29, 1.82) is 0 Å². The lowest BCUT2D eigenvalue weighted by atomic mass is 10.2. The highest BCUT2D eigenvalue weighted by Crippen LogP contribution is 2.16. The van der Waals surface area contributed by atoms with Gasteiger partial charge < -0.3 is 5.32 Å². The van der Waals surface area contributed by atoms with Crippen molar-refractivity contribution in [2.75, 3.05) is 5.32 Å². The molecule has 3 aromatic rings. The van der Waals surface area contributed by atoms with Crippen LogP contribution >= 0.6 is 11.6 Å². The van der Waals surface area contributed by atoms with Crippen LogP contribution in [0, 0.1) is 0 Å². The molecule has 0 atom stereocenters. The first-order chi connectivity index (χ1) is 11.6. The third-order valence-corrected chi connectivity index (χ3v) is 3.70. The van der Waals surface area contributed by atoms with Gasteiger partial charge in [-0.05, 0) is 17.7 Å². The number of halogens is 1. The SMILES string of the molecule is Cn1cc(/C=C/C(=O)Nc2ccn(Cc3ccccc3Cl)n2)cn1. The van der Waals surface area contributed by atoms with Gasteiger partial charge in [0.25, 0.3) is 0 Å². The second-order valence-electron chi connectivity index (χ2n) is 5.26. The number of aromatic nitrogens is 4. The molecule has 0 bridgehead atoms. The van der Waals surface area contributed by atoms with E-state index in [1.54, 1.807) is 33.9 Å². The molecule has 0 fully saturated rings. The first kappa shape index (κ1) is 16.0. The van der Waals surface area contributed by atoms with Crippen LogP contribution in [0.4, 0.5) is 5.82 Å². The summed E-state index contributed by atoms with van der Waals surface area (Å²) in [7, 11) is 1.82. The number of rotatable bonds is 5. The van der Waals surface area contributed by atoms with Crippen molar-refractivity contribution < 1.29 is 4.79 Å². The molecular formula is C17H16ClN5O. The molecule has 0 saturated carbocycles. The van der Waals surface area contributed by atoms with Gasteiger partial charge >= 0.3 is 0 Å². The monoisotopic (exact) mass is 341 g/mol. The van der Waals surface area contributed by atoms with Crippen LogP contribution in [0.1, 0.15) is 11.1 Å². The first-order valence-corrected chi connectivity index (χ1v) is 7.72. The van der Waals surface area contributed by atoms with Crippen LogP contribution in [0.3, 0.4) is 0 Å². The quantitative estimate of drug-likeness (QED) is 0.726. The maximum atomic E-state index is 11.9. The van der Waals surface area contributed by atoms with Gasteiger partial charge in [0.1, 0.15) is 0 Å². The summed E-state index contributed by atoms with van der Waals surface area (Å²) in [6.07, 6.45) is 8.45. The summed E-state index contributed by atoms with van der Waals surface area (Å²) in [5.41, 5.74) is 1.83. The van der Waals surface area contributed by atoms with Crippen molar-refractivity contribution in [3.8, 4) is 0 Å². The molecule has 122 valence electrons. The average molecular weight is 342 g/mol. The molecule has 0 spiro atoms. The Morgan fingerprint density at radius 1 is 1.33 bits per heavy atom. The van der Waals surface area contributed by atoms with Crippen LogP contribution in [-0.4, -0.2) is 25.5 Å². The Bertz CT molecular complexity index is 881. The number of anilines is 1. The molecule has 1 aromatic carbocycles. The van der Waals surface area contributed by atoms with Gasteiger partial charge in [-0.2, -0.15) is 10.2 Å². The number of amides is 1. The van der Waals surface area contributed by atoms with Crippen molar-refractivity contribution in [2.45, 2.75) is 6.54 Å². The molecule has 0 radical (unpaired) electrons. The highest BCUT2D eigenvalue weighted by Gasteiger charge is 2.05. The van der Waals surface area contributed by atoms with E-state index in [2.05, 4.69) is 15.5 Å². The third-order valence-electron chi connectivity index (χ3n) is 3.33. The highest BCUT2D eigenvalue weighted by molar-refractivity contribution is 6.31. The Morgan fingerprint density at radius 2 is 2.17 bits per heavy atom. The Balaban J connectivity index is 1.60. The van der Waals surface area contributed by atoms with Crippen LogP contribution in [0.25, 0.3) is 6.08 Å². The maximum Gasteiger partial charge on any atom is 0.249 e. The molecule has 0 aliphatic rings. The minimum atomic E-state index is -0.248. The van der Waals surface area contributed by atoms with Gasteiger partial charge in [0.05, 0.1) is 12.7 Å². The molecule has 0 aliphatic heterocycles. The zero-order valence-corrected chi connectivity index (χ0v) is 13.8. The van der Waals surface area contributed by atoms with E-state index in [1.165, 1.54) is 6.08 Å². The molecule has 3 rings (SSSR count). The fourth-order valence-electron chi connectivity index (χ4n) is 2.18. The number of carbonyl (C=O) groups excluding carboxylic acids is 1. The summed E-state index contributed by atoms with van der Waals surface area (Å²) in [5.74, 6) is 0.240. The van der Waals surface area contributed by atoms with E-state index >= 15 is 0 Å². The maximum absolute atomic E-state index is 11.9. The summed E-state index contributed by atoms with van der Waals surface area (Å²) in [4.78, 5) is 11.9. The van der Waals surface area contributed by atoms with Crippen LogP contribution in [0.15, 0.2) is 55.0 Å². The summed E-state index contributed by atoms with van der Waals surface area (Å²) >= 11 is 6.14. The lowest BCUT2D eigenvalue weighted by molar-refractivity contribution is -0.111. The predicted molar refractivity (Wildman–Crippen MR) is 93.7 cm³/mol. The highest BCUT2D eigenvalue weighted by atomic mass is 35.5. The van der Waals surface area contributed by atoms with E-state index in [9.17, 15) is 4.79 Å². The lowest BCUT2D eigenvalue weighted by Gasteiger charge is -2.04. The van der Waals surface area contributed by atoms with E-state index in [0.717, 1.165) is 11.1 Å². The molecule has 1 N–H and O–H groups in total. The number of hydrogen-bond acceptors (Lipinski definition) is 3. The molecule has 24 heavy (non-hydrogen) atoms. The smallest absolute Gasteiger partial charge is 0.249 e. The minimum Gasteiger partial charge on any atom is -0.306 e. The standard InChI is InChI=1S/C17H16ClN5O/c1-22-11-13(10-19-22)6-7-17(24)20-16-8-9-23(21-16)12-14-4-2-3-5-15(14)18/h2-11H,12H2,1H3,(H,20,21,24)/b7-6+. The molecule has 6 nitrogen and oxygen atoms in total. The fourth-order valence-corrected chi connectivity index (χ4v) is 2.38. The minimum absolute atomic E-state index is 0.248.